The minimum atomic E-state index is -1.69. The number of amides is 1. The SMILES string of the molecule is C/C=C(/C(=C\OC(=O)N(C(C)C)C(C)C)CC(=O)OC)[Si](C)(C)C. The molecular weight excluding hydrogens is 322 g/mol. The molecule has 0 bridgehead atoms. The van der Waals surface area contributed by atoms with Crippen LogP contribution in [0.15, 0.2) is 23.1 Å². The fourth-order valence-corrected chi connectivity index (χ4v) is 4.71. The maximum atomic E-state index is 12.4. The van der Waals surface area contributed by atoms with Gasteiger partial charge in [-0.2, -0.15) is 0 Å². The monoisotopic (exact) mass is 355 g/mol. The van der Waals surface area contributed by atoms with Crippen molar-refractivity contribution in [3.05, 3.63) is 23.1 Å². The van der Waals surface area contributed by atoms with Crippen LogP contribution in [0.5, 0.6) is 0 Å². The number of methoxy groups -OCH3 is 1. The van der Waals surface area contributed by atoms with Gasteiger partial charge in [-0.3, -0.25) is 4.79 Å². The van der Waals surface area contributed by atoms with Gasteiger partial charge in [-0.15, -0.1) is 0 Å². The van der Waals surface area contributed by atoms with E-state index in [1.807, 2.05) is 40.7 Å². The van der Waals surface area contributed by atoms with Crippen LogP contribution >= 0.6 is 0 Å². The van der Waals surface area contributed by atoms with Gasteiger partial charge in [0.2, 0.25) is 0 Å². The average Bonchev–Trinajstić information content (AvgIpc) is 2.42. The van der Waals surface area contributed by atoms with Gasteiger partial charge in [-0.05, 0) is 40.2 Å². The molecule has 1 amide bonds. The highest BCUT2D eigenvalue weighted by Crippen LogP contribution is 2.26. The van der Waals surface area contributed by atoms with Crippen molar-refractivity contribution in [2.24, 2.45) is 0 Å². The van der Waals surface area contributed by atoms with E-state index in [1.165, 1.54) is 13.4 Å². The summed E-state index contributed by atoms with van der Waals surface area (Å²) in [5.41, 5.74) is 0.712. The molecule has 5 nitrogen and oxygen atoms in total. The number of hydrogen-bond donors (Lipinski definition) is 0. The van der Waals surface area contributed by atoms with E-state index in [4.69, 9.17) is 9.47 Å². The van der Waals surface area contributed by atoms with Crippen LogP contribution in [0.2, 0.25) is 19.6 Å². The van der Waals surface area contributed by atoms with E-state index in [-0.39, 0.29) is 24.5 Å². The van der Waals surface area contributed by atoms with Gasteiger partial charge in [0, 0.05) is 12.1 Å². The molecule has 138 valence electrons. The summed E-state index contributed by atoms with van der Waals surface area (Å²) < 4.78 is 10.2. The summed E-state index contributed by atoms with van der Waals surface area (Å²) in [6, 6.07) is 0.0706. The first-order valence-electron chi connectivity index (χ1n) is 8.37. The van der Waals surface area contributed by atoms with Gasteiger partial charge in [0.25, 0.3) is 0 Å². The summed E-state index contributed by atoms with van der Waals surface area (Å²) in [5.74, 6) is -0.348. The van der Waals surface area contributed by atoms with Gasteiger partial charge in [-0.1, -0.05) is 30.9 Å². The van der Waals surface area contributed by atoms with Gasteiger partial charge in [0.1, 0.15) is 6.26 Å². The Hall–Kier alpha value is -1.56. The molecule has 24 heavy (non-hydrogen) atoms. The zero-order valence-corrected chi connectivity index (χ0v) is 17.6. The zero-order valence-electron chi connectivity index (χ0n) is 16.6. The normalized spacial score (nSPS) is 13.3. The first-order valence-corrected chi connectivity index (χ1v) is 11.9. The molecular formula is C18H33NO4Si. The molecule has 6 heteroatoms. The van der Waals surface area contributed by atoms with Crippen LogP contribution in [-0.4, -0.2) is 44.2 Å². The fourth-order valence-electron chi connectivity index (χ4n) is 2.73. The van der Waals surface area contributed by atoms with E-state index in [0.717, 1.165) is 5.20 Å². The molecule has 0 heterocycles. The van der Waals surface area contributed by atoms with Crippen molar-refractivity contribution in [1.29, 1.82) is 0 Å². The van der Waals surface area contributed by atoms with E-state index in [0.29, 0.717) is 5.57 Å². The van der Waals surface area contributed by atoms with Crippen molar-refractivity contribution in [3.8, 4) is 0 Å². The third-order valence-electron chi connectivity index (χ3n) is 3.63. The number of hydrogen-bond acceptors (Lipinski definition) is 4. The summed E-state index contributed by atoms with van der Waals surface area (Å²) in [6.07, 6.45) is 3.10. The maximum Gasteiger partial charge on any atom is 0.415 e. The minimum absolute atomic E-state index is 0.0353. The third kappa shape index (κ3) is 6.91. The molecule has 0 saturated carbocycles. The van der Waals surface area contributed by atoms with Crippen LogP contribution in [0.25, 0.3) is 0 Å². The lowest BCUT2D eigenvalue weighted by Crippen LogP contribution is -2.41. The maximum absolute atomic E-state index is 12.4. The molecule has 0 fully saturated rings. The molecule has 0 aliphatic carbocycles. The van der Waals surface area contributed by atoms with E-state index < -0.39 is 14.2 Å². The van der Waals surface area contributed by atoms with Crippen molar-refractivity contribution in [2.75, 3.05) is 7.11 Å². The highest BCUT2D eigenvalue weighted by Gasteiger charge is 2.26. The van der Waals surface area contributed by atoms with E-state index in [1.54, 1.807) is 4.90 Å². The Kier molecular flexibility index (Phi) is 9.04. The minimum Gasteiger partial charge on any atom is -0.469 e. The predicted molar refractivity (Wildman–Crippen MR) is 100 cm³/mol. The number of ether oxygens (including phenoxy) is 2. The average molecular weight is 356 g/mol. The first kappa shape index (κ1) is 22.4. The number of esters is 1. The summed E-state index contributed by atoms with van der Waals surface area (Å²) in [4.78, 5) is 25.8. The molecule has 0 aliphatic heterocycles. The molecule has 0 aromatic rings. The molecule has 0 unspecified atom stereocenters. The predicted octanol–water partition coefficient (Wildman–Crippen LogP) is 4.51. The standard InChI is InChI=1S/C18H33NO4Si/c1-10-16(24(7,8)9)15(11-17(20)22-6)12-23-18(21)19(13(2)3)14(4)5/h10,12-14H,11H2,1-9H3/b15-12-,16-10-. The molecule has 0 radical (unpaired) electrons. The van der Waals surface area contributed by atoms with Crippen LogP contribution in [0.1, 0.15) is 41.0 Å². The van der Waals surface area contributed by atoms with Gasteiger partial charge >= 0.3 is 12.1 Å². The van der Waals surface area contributed by atoms with Crippen molar-refractivity contribution in [3.63, 3.8) is 0 Å². The Morgan fingerprint density at radius 2 is 1.58 bits per heavy atom. The number of nitrogens with zero attached hydrogens (tertiary/aromatic N) is 1. The number of carbonyl (C=O) groups excluding carboxylic acids is 2. The third-order valence-corrected chi connectivity index (χ3v) is 5.86. The molecule has 0 aromatic carbocycles. The van der Waals surface area contributed by atoms with E-state index in [9.17, 15) is 9.59 Å². The Morgan fingerprint density at radius 1 is 1.08 bits per heavy atom. The van der Waals surface area contributed by atoms with Crippen LogP contribution in [0.3, 0.4) is 0 Å². The smallest absolute Gasteiger partial charge is 0.415 e. The van der Waals surface area contributed by atoms with Crippen molar-refractivity contribution < 1.29 is 19.1 Å². The lowest BCUT2D eigenvalue weighted by molar-refractivity contribution is -0.139. The number of allylic oxidation sites excluding steroid dienone is 2. The summed E-state index contributed by atoms with van der Waals surface area (Å²) >= 11 is 0. The van der Waals surface area contributed by atoms with Gasteiger partial charge < -0.3 is 14.4 Å². The highest BCUT2D eigenvalue weighted by atomic mass is 28.3. The molecule has 0 spiro atoms. The van der Waals surface area contributed by atoms with Crippen molar-refractivity contribution in [2.45, 2.75) is 72.8 Å². The van der Waals surface area contributed by atoms with E-state index in [2.05, 4.69) is 19.6 Å². The second kappa shape index (κ2) is 9.66. The molecule has 0 rings (SSSR count). The summed E-state index contributed by atoms with van der Waals surface area (Å²) in [6.45, 7) is 16.3. The van der Waals surface area contributed by atoms with Crippen LogP contribution in [0, 0.1) is 0 Å². The van der Waals surface area contributed by atoms with Crippen molar-refractivity contribution in [1.82, 2.24) is 4.90 Å². The van der Waals surface area contributed by atoms with Gasteiger partial charge in [0.15, 0.2) is 0 Å². The molecule has 0 N–H and O–H groups in total. The molecule has 0 saturated heterocycles. The van der Waals surface area contributed by atoms with Gasteiger partial charge in [0.05, 0.1) is 21.6 Å². The topological polar surface area (TPSA) is 55.8 Å². The Bertz CT molecular complexity index is 494. The quantitative estimate of drug-likeness (QED) is 0.292. The number of carbonyl (C=O) groups is 2. The van der Waals surface area contributed by atoms with Crippen molar-refractivity contribution >= 4 is 20.1 Å². The Labute approximate surface area is 147 Å². The van der Waals surface area contributed by atoms with Crippen LogP contribution < -0.4 is 0 Å². The molecule has 0 aliphatic rings. The Morgan fingerprint density at radius 3 is 1.92 bits per heavy atom. The van der Waals surface area contributed by atoms with Crippen LogP contribution in [-0.2, 0) is 14.3 Å². The lowest BCUT2D eigenvalue weighted by atomic mass is 10.2. The lowest BCUT2D eigenvalue weighted by Gasteiger charge is -2.29. The zero-order chi connectivity index (χ0) is 19.1. The largest absolute Gasteiger partial charge is 0.469 e. The summed E-state index contributed by atoms with van der Waals surface area (Å²) in [7, 11) is -0.336. The fraction of sp³-hybridized carbons (Fsp3) is 0.667. The van der Waals surface area contributed by atoms with E-state index >= 15 is 0 Å². The molecule has 0 atom stereocenters. The van der Waals surface area contributed by atoms with Gasteiger partial charge in [-0.25, -0.2) is 4.79 Å². The highest BCUT2D eigenvalue weighted by molar-refractivity contribution is 6.84. The van der Waals surface area contributed by atoms with Crippen LogP contribution in [0.4, 0.5) is 4.79 Å². The molecule has 0 aromatic heterocycles. The second-order valence-electron chi connectivity index (χ2n) is 7.33. The first-order chi connectivity index (χ1) is 10.9. The Balaban J connectivity index is 5.55. The second-order valence-corrected chi connectivity index (χ2v) is 12.4. The number of rotatable bonds is 7. The summed E-state index contributed by atoms with van der Waals surface area (Å²) in [5, 5.41) is 1.08.